The van der Waals surface area contributed by atoms with Gasteiger partial charge in [-0.15, -0.1) is 0 Å². The average molecular weight is 462 g/mol. The summed E-state index contributed by atoms with van der Waals surface area (Å²) in [5.41, 5.74) is 0.985. The van der Waals surface area contributed by atoms with Gasteiger partial charge in [-0.05, 0) is 34.9 Å². The smallest absolute Gasteiger partial charge is 0.295 e. The van der Waals surface area contributed by atoms with E-state index in [0.717, 1.165) is 16.3 Å². The fourth-order valence-electron chi connectivity index (χ4n) is 4.52. The zero-order chi connectivity index (χ0) is 24.2. The maximum absolute atomic E-state index is 13.4. The predicted molar refractivity (Wildman–Crippen MR) is 129 cm³/mol. The van der Waals surface area contributed by atoms with Gasteiger partial charge in [0.05, 0.1) is 25.8 Å². The van der Waals surface area contributed by atoms with Crippen molar-refractivity contribution in [3.05, 3.63) is 77.4 Å². The molecule has 3 aromatic carbocycles. The van der Waals surface area contributed by atoms with Crippen molar-refractivity contribution in [2.75, 3.05) is 34.5 Å². The Hall–Kier alpha value is -3.84. The summed E-state index contributed by atoms with van der Waals surface area (Å²) in [5.74, 6) is -1.08. The molecule has 0 radical (unpaired) electrons. The minimum Gasteiger partial charge on any atom is -0.506 e. The molecular formula is C27H27NO6. The van der Waals surface area contributed by atoms with Gasteiger partial charge in [0.25, 0.3) is 11.7 Å². The van der Waals surface area contributed by atoms with Gasteiger partial charge in [-0.2, -0.15) is 0 Å². The van der Waals surface area contributed by atoms with E-state index in [1.165, 1.54) is 19.1 Å². The Morgan fingerprint density at radius 2 is 1.56 bits per heavy atom. The molecule has 0 aliphatic carbocycles. The second-order valence-corrected chi connectivity index (χ2v) is 7.94. The van der Waals surface area contributed by atoms with Crippen molar-refractivity contribution in [1.29, 1.82) is 0 Å². The van der Waals surface area contributed by atoms with Gasteiger partial charge in [-0.3, -0.25) is 9.59 Å². The Morgan fingerprint density at radius 3 is 2.24 bits per heavy atom. The van der Waals surface area contributed by atoms with Gasteiger partial charge in [-0.25, -0.2) is 0 Å². The van der Waals surface area contributed by atoms with Crippen LogP contribution in [-0.2, 0) is 14.3 Å². The number of Topliss-reactive ketones (excluding diaryl/α,β-unsaturated/α-hetero) is 1. The predicted octanol–water partition coefficient (Wildman–Crippen LogP) is 4.32. The lowest BCUT2D eigenvalue weighted by Crippen LogP contribution is -2.31. The topological polar surface area (TPSA) is 85.3 Å². The van der Waals surface area contributed by atoms with Crippen LogP contribution in [0.15, 0.2) is 66.2 Å². The highest BCUT2D eigenvalue weighted by Gasteiger charge is 2.46. The number of carbonyl (C=O) groups excluding carboxylic acids is 2. The maximum atomic E-state index is 13.4. The van der Waals surface area contributed by atoms with Crippen LogP contribution in [0.1, 0.15) is 23.6 Å². The zero-order valence-corrected chi connectivity index (χ0v) is 19.4. The van der Waals surface area contributed by atoms with Gasteiger partial charge in [0.1, 0.15) is 22.8 Å². The van der Waals surface area contributed by atoms with Crippen LogP contribution in [-0.4, -0.2) is 56.2 Å². The van der Waals surface area contributed by atoms with E-state index in [2.05, 4.69) is 0 Å². The molecular weight excluding hydrogens is 434 g/mol. The quantitative estimate of drug-likeness (QED) is 0.233. The summed E-state index contributed by atoms with van der Waals surface area (Å²) in [6.07, 6.45) is 0.544. The number of hydrogen-bond acceptors (Lipinski definition) is 6. The molecule has 1 unspecified atom stereocenters. The second-order valence-electron chi connectivity index (χ2n) is 7.94. The van der Waals surface area contributed by atoms with Crippen LogP contribution in [0.5, 0.6) is 11.5 Å². The molecule has 34 heavy (non-hydrogen) atoms. The molecule has 0 bridgehead atoms. The van der Waals surface area contributed by atoms with E-state index in [0.29, 0.717) is 31.1 Å². The molecule has 1 atom stereocenters. The van der Waals surface area contributed by atoms with Crippen LogP contribution < -0.4 is 9.47 Å². The maximum Gasteiger partial charge on any atom is 0.295 e. The van der Waals surface area contributed by atoms with Crippen LogP contribution in [0.2, 0.25) is 0 Å². The Kier molecular flexibility index (Phi) is 6.84. The number of ether oxygens (including phenoxy) is 3. The largest absolute Gasteiger partial charge is 0.506 e. The Labute approximate surface area is 198 Å². The van der Waals surface area contributed by atoms with Crippen molar-refractivity contribution in [2.24, 2.45) is 0 Å². The summed E-state index contributed by atoms with van der Waals surface area (Å²) < 4.78 is 16.1. The van der Waals surface area contributed by atoms with Gasteiger partial charge in [0.15, 0.2) is 0 Å². The highest BCUT2D eigenvalue weighted by molar-refractivity contribution is 6.46. The van der Waals surface area contributed by atoms with E-state index < -0.39 is 17.7 Å². The van der Waals surface area contributed by atoms with Crippen molar-refractivity contribution >= 4 is 28.2 Å². The molecule has 1 heterocycles. The van der Waals surface area contributed by atoms with Crippen molar-refractivity contribution in [3.63, 3.8) is 0 Å². The molecule has 0 saturated carbocycles. The zero-order valence-electron chi connectivity index (χ0n) is 19.4. The molecule has 1 saturated heterocycles. The Bertz CT molecular complexity index is 1240. The van der Waals surface area contributed by atoms with Crippen molar-refractivity contribution in [2.45, 2.75) is 12.5 Å². The summed E-state index contributed by atoms with van der Waals surface area (Å²) in [6, 6.07) is 17.8. The number of fused-ring (bicyclic) bond motifs is 1. The summed E-state index contributed by atoms with van der Waals surface area (Å²) in [4.78, 5) is 28.1. The first-order chi connectivity index (χ1) is 16.5. The summed E-state index contributed by atoms with van der Waals surface area (Å²) in [5, 5.41) is 13.4. The molecule has 7 heteroatoms. The minimum atomic E-state index is -0.780. The van der Waals surface area contributed by atoms with Crippen LogP contribution in [0.4, 0.5) is 0 Å². The van der Waals surface area contributed by atoms with Gasteiger partial charge >= 0.3 is 0 Å². The molecule has 0 aromatic heterocycles. The molecule has 3 aromatic rings. The lowest BCUT2D eigenvalue weighted by atomic mass is 9.91. The number of aliphatic hydroxyl groups excluding tert-OH is 1. The van der Waals surface area contributed by atoms with Crippen molar-refractivity contribution in [3.8, 4) is 11.5 Å². The summed E-state index contributed by atoms with van der Waals surface area (Å²) >= 11 is 0. The van der Waals surface area contributed by atoms with E-state index in [4.69, 9.17) is 14.2 Å². The molecule has 176 valence electrons. The standard InChI is InChI=1S/C27H27NO6/c1-32-16-8-15-28-24(19-12-6-10-17-9-4-5-11-18(17)19)23(26(30)27(28)31)25(29)22-20(33-2)13-7-14-21(22)34-3/h4-7,9-14,24,29H,8,15-16H2,1-3H3/b25-23+. The first-order valence-electron chi connectivity index (χ1n) is 11.0. The minimum absolute atomic E-state index is 0.00145. The summed E-state index contributed by atoms with van der Waals surface area (Å²) in [7, 11) is 4.53. The highest BCUT2D eigenvalue weighted by Crippen LogP contribution is 2.44. The lowest BCUT2D eigenvalue weighted by Gasteiger charge is -2.26. The molecule has 1 aliphatic rings. The van der Waals surface area contributed by atoms with Gasteiger partial charge in [0, 0.05) is 20.3 Å². The third-order valence-corrected chi connectivity index (χ3v) is 6.07. The van der Waals surface area contributed by atoms with E-state index in [9.17, 15) is 14.7 Å². The first-order valence-corrected chi connectivity index (χ1v) is 11.0. The molecule has 7 nitrogen and oxygen atoms in total. The number of rotatable bonds is 8. The number of hydrogen-bond donors (Lipinski definition) is 1. The van der Waals surface area contributed by atoms with E-state index in [1.807, 2.05) is 42.5 Å². The molecule has 4 rings (SSSR count). The number of ketones is 1. The van der Waals surface area contributed by atoms with Crippen molar-refractivity contribution in [1.82, 2.24) is 4.90 Å². The third-order valence-electron chi connectivity index (χ3n) is 6.07. The highest BCUT2D eigenvalue weighted by atomic mass is 16.5. The molecule has 0 spiro atoms. The molecule has 1 amide bonds. The normalized spacial score (nSPS) is 17.4. The third kappa shape index (κ3) is 3.99. The Morgan fingerprint density at radius 1 is 0.912 bits per heavy atom. The number of nitrogens with zero attached hydrogens (tertiary/aromatic N) is 1. The van der Waals surface area contributed by atoms with Gasteiger partial charge in [0.2, 0.25) is 0 Å². The van der Waals surface area contributed by atoms with Crippen LogP contribution in [0.25, 0.3) is 16.5 Å². The Balaban J connectivity index is 1.99. The van der Waals surface area contributed by atoms with Crippen LogP contribution in [0, 0.1) is 0 Å². The SMILES string of the molecule is COCCCN1C(=O)C(=O)/C(=C(/O)c2c(OC)cccc2OC)C1c1cccc2ccccc12. The molecule has 1 N–H and O–H groups in total. The second kappa shape index (κ2) is 9.97. The van der Waals surface area contributed by atoms with Gasteiger partial charge < -0.3 is 24.2 Å². The number of carbonyl (C=O) groups is 2. The van der Waals surface area contributed by atoms with Crippen LogP contribution in [0.3, 0.4) is 0 Å². The number of likely N-dealkylation sites (tertiary alicyclic amines) is 1. The van der Waals surface area contributed by atoms with Gasteiger partial charge in [-0.1, -0.05) is 48.5 Å². The first kappa shape index (κ1) is 23.3. The number of aliphatic hydroxyl groups is 1. The monoisotopic (exact) mass is 461 g/mol. The number of amides is 1. The van der Waals surface area contributed by atoms with E-state index in [1.54, 1.807) is 25.3 Å². The number of benzene rings is 3. The van der Waals surface area contributed by atoms with E-state index >= 15 is 0 Å². The summed E-state index contributed by atoms with van der Waals surface area (Å²) in [6.45, 7) is 0.734. The van der Waals surface area contributed by atoms with Crippen LogP contribution >= 0.6 is 0 Å². The fourth-order valence-corrected chi connectivity index (χ4v) is 4.52. The lowest BCUT2D eigenvalue weighted by molar-refractivity contribution is -0.140. The molecule has 1 fully saturated rings. The fraction of sp³-hybridized carbons (Fsp3) is 0.259. The van der Waals surface area contributed by atoms with Crippen molar-refractivity contribution < 1.29 is 28.9 Å². The molecule has 1 aliphatic heterocycles. The number of methoxy groups -OCH3 is 3. The average Bonchev–Trinajstić information content (AvgIpc) is 3.12. The van der Waals surface area contributed by atoms with E-state index in [-0.39, 0.29) is 16.9 Å².